The molecule has 0 bridgehead atoms. The fourth-order valence-corrected chi connectivity index (χ4v) is 18.1. The Morgan fingerprint density at radius 1 is 0.250 bits per heavy atom. The Bertz CT molecular complexity index is 6890. The molecule has 16 aromatic rings. The average molecular weight is 2100 g/mol. The summed E-state index contributed by atoms with van der Waals surface area (Å²) in [5.74, 6) is 1.75. The van der Waals surface area contributed by atoms with Crippen molar-refractivity contribution in [1.82, 2.24) is 19.1 Å². The number of hydrogen-bond donors (Lipinski definition) is 0. The van der Waals surface area contributed by atoms with Gasteiger partial charge in [-0.2, -0.15) is 24.3 Å². The van der Waals surface area contributed by atoms with E-state index in [-0.39, 0.29) is 90.9 Å². The summed E-state index contributed by atoms with van der Waals surface area (Å²) < 4.78 is 4.56. The molecule has 0 fully saturated rings. The van der Waals surface area contributed by atoms with E-state index in [1.165, 1.54) is 72.0 Å². The molecule has 0 saturated carbocycles. The average Bonchev–Trinajstić information content (AvgIpc) is 1.61. The van der Waals surface area contributed by atoms with E-state index in [9.17, 15) is 0 Å². The molecule has 132 heavy (non-hydrogen) atoms. The first-order chi connectivity index (χ1) is 61.2. The summed E-state index contributed by atoms with van der Waals surface area (Å²) in [6.07, 6.45) is 3.92. The molecule has 0 radical (unpaired) electrons. The smallest absolute Gasteiger partial charge is 0.135 e. The number of aromatic nitrogens is 4. The van der Waals surface area contributed by atoms with Crippen LogP contribution in [0, 0.1) is 37.6 Å². The van der Waals surface area contributed by atoms with Gasteiger partial charge < -0.3 is 38.5 Å². The summed E-state index contributed by atoms with van der Waals surface area (Å²) >= 11 is 0. The predicted molar refractivity (Wildman–Crippen MR) is 552 cm³/mol. The molecule has 2 aliphatic heterocycles. The zero-order valence-corrected chi connectivity index (χ0v) is 86.8. The van der Waals surface area contributed by atoms with Crippen molar-refractivity contribution in [3.8, 4) is 11.6 Å². The van der Waals surface area contributed by atoms with Crippen molar-refractivity contribution in [1.29, 1.82) is 0 Å². The van der Waals surface area contributed by atoms with Gasteiger partial charge in [0, 0.05) is 125 Å². The number of benzene rings is 12. The second kappa shape index (κ2) is 35.3. The van der Waals surface area contributed by atoms with Crippen LogP contribution in [0.25, 0.3) is 55.2 Å². The predicted octanol–water partition coefficient (Wildman–Crippen LogP) is 31.6. The van der Waals surface area contributed by atoms with Crippen molar-refractivity contribution in [2.24, 2.45) is 0 Å². The van der Waals surface area contributed by atoms with Crippen LogP contribution in [0.15, 0.2) is 273 Å². The Labute approximate surface area is 815 Å². The van der Waals surface area contributed by atoms with Crippen LogP contribution in [0.5, 0.6) is 0 Å². The van der Waals surface area contributed by atoms with Crippen LogP contribution < -0.4 is 29.4 Å². The molecule has 0 atom stereocenters. The fraction of sp³-hybridized carbons (Fsp3) is 0.300. The minimum atomic E-state index is -0.288. The number of rotatable bonds is 14. The summed E-state index contributed by atoms with van der Waals surface area (Å²) in [5.41, 5.74) is 30.7. The largest absolute Gasteiger partial charge is 0.493 e. The Balaban J connectivity index is 0.000000199. The second-order valence-electron chi connectivity index (χ2n) is 44.3. The van der Waals surface area contributed by atoms with Gasteiger partial charge >= 0.3 is 0 Å². The van der Waals surface area contributed by atoms with Gasteiger partial charge in [0.15, 0.2) is 0 Å². The molecule has 0 N–H and O–H groups in total. The fourth-order valence-electron chi connectivity index (χ4n) is 18.1. The van der Waals surface area contributed by atoms with Gasteiger partial charge in [-0.1, -0.05) is 322 Å². The van der Waals surface area contributed by atoms with Gasteiger partial charge in [-0.15, -0.1) is 96.1 Å². The van der Waals surface area contributed by atoms with Crippen molar-refractivity contribution in [3.63, 3.8) is 0 Å². The normalized spacial score (nSPS) is 13.5. The van der Waals surface area contributed by atoms with Gasteiger partial charge in [0.05, 0.1) is 0 Å². The second-order valence-corrected chi connectivity index (χ2v) is 44.3. The Hall–Kier alpha value is -11.3. The maximum Gasteiger partial charge on any atom is 0.135 e. The van der Waals surface area contributed by atoms with Gasteiger partial charge in [-0.3, -0.25) is 0 Å². The zero-order valence-electron chi connectivity index (χ0n) is 82.2. The molecule has 0 saturated heterocycles. The first-order valence-corrected chi connectivity index (χ1v) is 46.2. The number of nitrogens with zero attached hydrogens (tertiary/aromatic N) is 10. The number of para-hydroxylation sites is 6. The van der Waals surface area contributed by atoms with Crippen LogP contribution >= 0.6 is 0 Å². The van der Waals surface area contributed by atoms with Crippen LogP contribution in [0.4, 0.5) is 68.2 Å². The summed E-state index contributed by atoms with van der Waals surface area (Å²) in [6, 6.07) is 111. The molecule has 12 heteroatoms. The van der Waals surface area contributed by atoms with Gasteiger partial charge in [-0.05, 0) is 195 Å². The van der Waals surface area contributed by atoms with Gasteiger partial charge in [0.1, 0.15) is 11.6 Å². The third kappa shape index (κ3) is 18.4. The minimum absolute atomic E-state index is 0. The topological polar surface area (TPSA) is 55.1 Å². The van der Waals surface area contributed by atoms with Crippen LogP contribution in [0.2, 0.25) is 0 Å². The standard InChI is InChI=1S/C62H68N5.C58H60N5.2Pt/c1-58(2,3)42-31-43(59(4,5)6)34-46(33-42)62(13,14)41-29-30-63-57(37-41)67-53-24-17-16-23-51(53)52-28-27-48(39-56(52)67)64(15)47-21-20-22-49(38-47)65-40-66(55-26-19-18-25-54(55)65)50-35-44(60(7,8)9)32-45(36-50)61(10,11)12;1-55(2,3)39-24-26-40(27-25-39)58(10,11)41-30-31-59-54(35-41)63-50-21-14-13-20-48(50)49-29-28-45(37-53(49)63)60(12)44-18-17-19-46(36-44)61-38-62(52-23-16-15-22-51(52)61)47-33-42(56(4,5)6)32-43(34-47)57(7,8)9;;/h16-37,40H,1-15H3;13-35,38H,1-12H3;;/q2*-3;;. The molecule has 10 nitrogen and oxygen atoms in total. The first kappa shape index (κ1) is 95.3. The molecule has 6 heterocycles. The first-order valence-electron chi connectivity index (χ1n) is 46.2. The molecule has 2 aliphatic rings. The minimum Gasteiger partial charge on any atom is -0.493 e. The van der Waals surface area contributed by atoms with E-state index in [0.29, 0.717) is 0 Å². The van der Waals surface area contributed by atoms with Crippen LogP contribution in [0.3, 0.4) is 0 Å². The molecule has 12 aromatic carbocycles. The van der Waals surface area contributed by atoms with E-state index in [1.54, 1.807) is 0 Å². The zero-order chi connectivity index (χ0) is 92.6. The molecule has 0 aliphatic carbocycles. The molecule has 18 rings (SSSR count). The Morgan fingerprint density at radius 2 is 0.545 bits per heavy atom. The summed E-state index contributed by atoms with van der Waals surface area (Å²) in [5, 5.41) is 4.62. The van der Waals surface area contributed by atoms with Gasteiger partial charge in [-0.25, -0.2) is 9.97 Å². The Morgan fingerprint density at radius 3 is 0.894 bits per heavy atom. The molecular formula is C120H128N10Pt2-6. The summed E-state index contributed by atoms with van der Waals surface area (Å²) in [4.78, 5) is 23.7. The number of anilines is 12. The third-order valence-corrected chi connectivity index (χ3v) is 27.0. The van der Waals surface area contributed by atoms with Gasteiger partial charge in [0.2, 0.25) is 0 Å². The number of fused-ring (bicyclic) bond motifs is 8. The maximum atomic E-state index is 5.08. The summed E-state index contributed by atoms with van der Waals surface area (Å²) in [6.45, 7) is 61.9. The summed E-state index contributed by atoms with van der Waals surface area (Å²) in [7, 11) is 4.21. The number of pyridine rings is 2. The van der Waals surface area contributed by atoms with Crippen LogP contribution in [0.1, 0.15) is 234 Å². The third-order valence-electron chi connectivity index (χ3n) is 27.0. The van der Waals surface area contributed by atoms with E-state index < -0.39 is 0 Å². The van der Waals surface area contributed by atoms with Crippen LogP contribution in [-0.4, -0.2) is 33.2 Å². The molecule has 0 amide bonds. The van der Waals surface area contributed by atoms with Crippen molar-refractivity contribution < 1.29 is 42.1 Å². The van der Waals surface area contributed by atoms with E-state index >= 15 is 0 Å². The molecule has 4 aromatic heterocycles. The van der Waals surface area contributed by atoms with E-state index in [4.69, 9.17) is 9.97 Å². The van der Waals surface area contributed by atoms with E-state index in [1.807, 2.05) is 12.4 Å². The van der Waals surface area contributed by atoms with E-state index in [2.05, 4.69) is 524 Å². The number of hydrogen-bond acceptors (Lipinski definition) is 8. The quantitative estimate of drug-likeness (QED) is 0.0999. The molecule has 0 spiro atoms. The van der Waals surface area contributed by atoms with E-state index in [0.717, 1.165) is 113 Å². The molecule has 0 unspecified atom stereocenters. The molecular weight excluding hydrogens is 1970 g/mol. The van der Waals surface area contributed by atoms with Crippen molar-refractivity contribution in [2.45, 2.75) is 222 Å². The van der Waals surface area contributed by atoms with Crippen molar-refractivity contribution >= 4 is 112 Å². The van der Waals surface area contributed by atoms with Crippen molar-refractivity contribution in [2.75, 3.05) is 43.5 Å². The van der Waals surface area contributed by atoms with Gasteiger partial charge in [0.25, 0.3) is 0 Å². The maximum absolute atomic E-state index is 5.08. The van der Waals surface area contributed by atoms with Crippen molar-refractivity contribution in [3.05, 3.63) is 372 Å². The van der Waals surface area contributed by atoms with Crippen LogP contribution in [-0.2, 0) is 90.9 Å². The molecule has 684 valence electrons. The monoisotopic (exact) mass is 2100 g/mol. The Kier molecular flexibility index (Phi) is 25.5. The SMILES string of the molecule is CN(c1[c-]c(N2[CH-]N(c3cc(C(C)(C)C)cc(C(C)(C)C)c3)c3ccccc32)ccc1)c1[c-]c2c(cc1)c1ccccc1n2-c1cc(C(C)(C)c2cc(C(C)(C)C)cc(C(C)(C)C)c2)ccn1.CN(c1[c-]c(N2[CH-]N(c3cc(C(C)(C)C)cc(C(C)(C)C)c3)c3ccccc32)ccc1)c1[c-]c2c(cc1)c1ccccc1n2-c1cc(C(C)(C)c2ccc(C(C)(C)C)cc2)ccn1.[Pt].[Pt].